The van der Waals surface area contributed by atoms with Gasteiger partial charge in [0, 0.05) is 26.4 Å². The van der Waals surface area contributed by atoms with Crippen LogP contribution < -0.4 is 0 Å². The molecule has 2 nitrogen and oxygen atoms in total. The molecule has 1 aliphatic heterocycles. The fourth-order valence-electron chi connectivity index (χ4n) is 3.38. The van der Waals surface area contributed by atoms with E-state index in [1.165, 1.54) is 10.5 Å². The minimum atomic E-state index is 0.300. The molecule has 27 heavy (non-hydrogen) atoms. The number of hydrogen-bond acceptors (Lipinski definition) is 3. The zero-order valence-electron chi connectivity index (χ0n) is 14.4. The number of fused-ring (bicyclic) bond motifs is 2. The van der Waals surface area contributed by atoms with Crippen LogP contribution in [0.4, 0.5) is 5.69 Å². The van der Waals surface area contributed by atoms with Gasteiger partial charge in [-0.25, -0.2) is 4.99 Å². The van der Waals surface area contributed by atoms with Gasteiger partial charge in [-0.2, -0.15) is 0 Å². The number of benzene rings is 3. The van der Waals surface area contributed by atoms with Gasteiger partial charge in [0.15, 0.2) is 0 Å². The molecule has 4 heteroatoms. The molecule has 0 radical (unpaired) electrons. The van der Waals surface area contributed by atoms with Gasteiger partial charge in [0.05, 0.1) is 11.4 Å². The highest BCUT2D eigenvalue weighted by molar-refractivity contribution is 9.10. The standard InChI is InChI=1S/C23H16BrNOS/c24-17-10-11-20-16(12-17)13-21(26-20)19-14-23(15-6-2-1-3-7-15)27-22-9-5-4-8-18(22)25-19/h1-13,23H,14H2. The molecule has 3 aromatic carbocycles. The summed E-state index contributed by atoms with van der Waals surface area (Å²) < 4.78 is 7.21. The highest BCUT2D eigenvalue weighted by atomic mass is 79.9. The third kappa shape index (κ3) is 3.35. The first-order valence-corrected chi connectivity index (χ1v) is 10.5. The first kappa shape index (κ1) is 16.8. The molecule has 132 valence electrons. The summed E-state index contributed by atoms with van der Waals surface area (Å²) in [5, 5.41) is 1.39. The number of aliphatic imine (C=N–C) groups is 1. The summed E-state index contributed by atoms with van der Waals surface area (Å²) in [6, 6.07) is 27.2. The number of rotatable bonds is 2. The second-order valence-electron chi connectivity index (χ2n) is 6.54. The molecule has 2 heterocycles. The van der Waals surface area contributed by atoms with Crippen LogP contribution >= 0.6 is 27.7 Å². The second kappa shape index (κ2) is 7.02. The minimum absolute atomic E-state index is 0.300. The molecule has 0 aliphatic carbocycles. The Morgan fingerprint density at radius 3 is 2.63 bits per heavy atom. The fraction of sp³-hybridized carbons (Fsp3) is 0.0870. The van der Waals surface area contributed by atoms with Crippen LogP contribution in [-0.4, -0.2) is 5.71 Å². The second-order valence-corrected chi connectivity index (χ2v) is 8.70. The maximum Gasteiger partial charge on any atom is 0.149 e. The van der Waals surface area contributed by atoms with Gasteiger partial charge < -0.3 is 4.42 Å². The monoisotopic (exact) mass is 433 g/mol. The minimum Gasteiger partial charge on any atom is -0.455 e. The summed E-state index contributed by atoms with van der Waals surface area (Å²) in [6.45, 7) is 0. The average Bonchev–Trinajstić information content (AvgIpc) is 3.01. The molecular weight excluding hydrogens is 418 g/mol. The molecule has 1 atom stereocenters. The number of hydrogen-bond donors (Lipinski definition) is 0. The topological polar surface area (TPSA) is 25.5 Å². The first-order valence-electron chi connectivity index (χ1n) is 8.84. The normalized spacial score (nSPS) is 16.6. The summed E-state index contributed by atoms with van der Waals surface area (Å²) in [5.41, 5.74) is 4.20. The lowest BCUT2D eigenvalue weighted by atomic mass is 10.0. The van der Waals surface area contributed by atoms with Gasteiger partial charge in [0.1, 0.15) is 11.3 Å². The van der Waals surface area contributed by atoms with Crippen LogP contribution in [0.5, 0.6) is 0 Å². The summed E-state index contributed by atoms with van der Waals surface area (Å²) in [7, 11) is 0. The van der Waals surface area contributed by atoms with E-state index in [-0.39, 0.29) is 0 Å². The molecule has 5 rings (SSSR count). The van der Waals surface area contributed by atoms with Crippen LogP contribution in [-0.2, 0) is 0 Å². The molecule has 0 spiro atoms. The van der Waals surface area contributed by atoms with Gasteiger partial charge in [-0.1, -0.05) is 58.4 Å². The molecule has 1 aromatic heterocycles. The van der Waals surface area contributed by atoms with E-state index < -0.39 is 0 Å². The third-order valence-electron chi connectivity index (χ3n) is 4.70. The molecule has 0 saturated heterocycles. The van der Waals surface area contributed by atoms with Gasteiger partial charge in [-0.05, 0) is 42.0 Å². The van der Waals surface area contributed by atoms with Crippen molar-refractivity contribution in [1.82, 2.24) is 0 Å². The zero-order valence-corrected chi connectivity index (χ0v) is 16.8. The molecular formula is C23H16BrNOS. The van der Waals surface area contributed by atoms with Gasteiger partial charge in [0.2, 0.25) is 0 Å². The number of thioether (sulfide) groups is 1. The summed E-state index contributed by atoms with van der Waals surface area (Å²) in [4.78, 5) is 6.20. The third-order valence-corrected chi connectivity index (χ3v) is 6.52. The average molecular weight is 434 g/mol. The smallest absolute Gasteiger partial charge is 0.149 e. The summed E-state index contributed by atoms with van der Waals surface area (Å²) in [6.07, 6.45) is 0.824. The Balaban J connectivity index is 1.63. The molecule has 0 fully saturated rings. The highest BCUT2D eigenvalue weighted by Gasteiger charge is 2.24. The van der Waals surface area contributed by atoms with Crippen molar-refractivity contribution >= 4 is 50.1 Å². The maximum absolute atomic E-state index is 6.16. The quantitative estimate of drug-likeness (QED) is 0.325. The van der Waals surface area contributed by atoms with E-state index in [1.807, 2.05) is 30.0 Å². The molecule has 4 aromatic rings. The number of para-hydroxylation sites is 1. The van der Waals surface area contributed by atoms with Crippen LogP contribution in [0.15, 0.2) is 97.6 Å². The van der Waals surface area contributed by atoms with Crippen molar-refractivity contribution in [3.63, 3.8) is 0 Å². The van der Waals surface area contributed by atoms with E-state index in [2.05, 4.69) is 76.6 Å². The molecule has 0 amide bonds. The van der Waals surface area contributed by atoms with Crippen molar-refractivity contribution in [2.45, 2.75) is 16.6 Å². The van der Waals surface area contributed by atoms with Crippen molar-refractivity contribution in [3.05, 3.63) is 94.7 Å². The van der Waals surface area contributed by atoms with E-state index in [0.29, 0.717) is 5.25 Å². The number of nitrogens with zero attached hydrogens (tertiary/aromatic N) is 1. The van der Waals surface area contributed by atoms with E-state index >= 15 is 0 Å². The van der Waals surface area contributed by atoms with Gasteiger partial charge in [-0.15, -0.1) is 11.8 Å². The molecule has 1 aliphatic rings. The highest BCUT2D eigenvalue weighted by Crippen LogP contribution is 2.45. The zero-order chi connectivity index (χ0) is 18.2. The Morgan fingerprint density at radius 1 is 0.926 bits per heavy atom. The van der Waals surface area contributed by atoms with E-state index in [4.69, 9.17) is 9.41 Å². The first-order chi connectivity index (χ1) is 13.3. The molecule has 0 N–H and O–H groups in total. The SMILES string of the molecule is Brc1ccc2oc(C3=Nc4ccccc4SC(c4ccccc4)C3)cc2c1. The van der Waals surface area contributed by atoms with Gasteiger partial charge in [-0.3, -0.25) is 0 Å². The lowest BCUT2D eigenvalue weighted by molar-refractivity contribution is 0.602. The lowest BCUT2D eigenvalue weighted by Gasteiger charge is -2.15. The van der Waals surface area contributed by atoms with Crippen molar-refractivity contribution in [3.8, 4) is 0 Å². The Kier molecular flexibility index (Phi) is 4.38. The van der Waals surface area contributed by atoms with Crippen molar-refractivity contribution in [2.24, 2.45) is 4.99 Å². The Hall–Kier alpha value is -2.30. The fourth-order valence-corrected chi connectivity index (χ4v) is 4.99. The Labute approximate surface area is 170 Å². The van der Waals surface area contributed by atoms with Crippen molar-refractivity contribution in [2.75, 3.05) is 0 Å². The molecule has 1 unspecified atom stereocenters. The largest absolute Gasteiger partial charge is 0.455 e. The van der Waals surface area contributed by atoms with Gasteiger partial charge in [0.25, 0.3) is 0 Å². The van der Waals surface area contributed by atoms with E-state index in [1.54, 1.807) is 0 Å². The molecule has 0 saturated carbocycles. The van der Waals surface area contributed by atoms with E-state index in [9.17, 15) is 0 Å². The Morgan fingerprint density at radius 2 is 1.74 bits per heavy atom. The summed E-state index contributed by atoms with van der Waals surface area (Å²) in [5.74, 6) is 0.848. The Bertz CT molecular complexity index is 1150. The van der Waals surface area contributed by atoms with Crippen LogP contribution in [0, 0.1) is 0 Å². The van der Waals surface area contributed by atoms with Gasteiger partial charge >= 0.3 is 0 Å². The predicted molar refractivity (Wildman–Crippen MR) is 116 cm³/mol. The molecule has 0 bridgehead atoms. The van der Waals surface area contributed by atoms with Crippen LogP contribution in [0.3, 0.4) is 0 Å². The van der Waals surface area contributed by atoms with Crippen molar-refractivity contribution < 1.29 is 4.42 Å². The predicted octanol–water partition coefficient (Wildman–Crippen LogP) is 7.55. The lowest BCUT2D eigenvalue weighted by Crippen LogP contribution is -2.04. The van der Waals surface area contributed by atoms with Crippen molar-refractivity contribution in [1.29, 1.82) is 0 Å². The maximum atomic E-state index is 6.16. The summed E-state index contributed by atoms with van der Waals surface area (Å²) >= 11 is 5.41. The number of furan rings is 1. The van der Waals surface area contributed by atoms with Crippen LogP contribution in [0.25, 0.3) is 11.0 Å². The number of halogens is 1. The van der Waals surface area contributed by atoms with Crippen LogP contribution in [0.2, 0.25) is 0 Å². The van der Waals surface area contributed by atoms with E-state index in [0.717, 1.165) is 39.0 Å². The van der Waals surface area contributed by atoms with Crippen LogP contribution in [0.1, 0.15) is 23.0 Å².